The van der Waals surface area contributed by atoms with E-state index in [1.54, 1.807) is 13.3 Å². The van der Waals surface area contributed by atoms with E-state index < -0.39 is 0 Å². The fourth-order valence-electron chi connectivity index (χ4n) is 2.04. The smallest absolute Gasteiger partial charge is 0.217 e. The van der Waals surface area contributed by atoms with E-state index in [2.05, 4.69) is 31.0 Å². The van der Waals surface area contributed by atoms with Crippen molar-refractivity contribution in [1.29, 1.82) is 0 Å². The van der Waals surface area contributed by atoms with E-state index in [-0.39, 0.29) is 0 Å². The molecule has 0 bridgehead atoms. The summed E-state index contributed by atoms with van der Waals surface area (Å²) in [7, 11) is 1.67. The van der Waals surface area contributed by atoms with Crippen LogP contribution in [0, 0.1) is 0 Å². The molecule has 0 unspecified atom stereocenters. The van der Waals surface area contributed by atoms with Crippen LogP contribution in [0.5, 0.6) is 5.88 Å². The van der Waals surface area contributed by atoms with E-state index in [0.29, 0.717) is 5.92 Å². The molecule has 1 heterocycles. The fourth-order valence-corrected chi connectivity index (χ4v) is 2.04. The number of hydrogen-bond acceptors (Lipinski definition) is 2. The summed E-state index contributed by atoms with van der Waals surface area (Å²) >= 11 is 0. The lowest BCUT2D eigenvalue weighted by Crippen LogP contribution is -1.99. The molecule has 2 nitrogen and oxygen atoms in total. The number of methoxy groups -OCH3 is 1. The first-order chi connectivity index (χ1) is 8.24. The zero-order valence-corrected chi connectivity index (χ0v) is 10.5. The van der Waals surface area contributed by atoms with E-state index in [4.69, 9.17) is 4.74 Å². The monoisotopic (exact) mass is 227 g/mol. The summed E-state index contributed by atoms with van der Waals surface area (Å²) in [5.41, 5.74) is 3.57. The van der Waals surface area contributed by atoms with Crippen LogP contribution in [0.15, 0.2) is 42.6 Å². The maximum absolute atomic E-state index is 5.36. The minimum Gasteiger partial charge on any atom is -0.481 e. The largest absolute Gasteiger partial charge is 0.481 e. The van der Waals surface area contributed by atoms with Gasteiger partial charge in [0.15, 0.2) is 0 Å². The first kappa shape index (κ1) is 11.6. The molecule has 0 N–H and O–H groups in total. The Bertz CT molecular complexity index is 492. The third-order valence-corrected chi connectivity index (χ3v) is 2.81. The first-order valence-corrected chi connectivity index (χ1v) is 5.82. The second kappa shape index (κ2) is 5.00. The van der Waals surface area contributed by atoms with E-state index in [1.165, 1.54) is 16.7 Å². The number of aromatic nitrogens is 1. The van der Waals surface area contributed by atoms with Crippen LogP contribution in [0.3, 0.4) is 0 Å². The molecule has 0 spiro atoms. The SMILES string of the molecule is COc1nccc(-c2ccccc2)c1C(C)C. The number of ether oxygens (including phenoxy) is 1. The summed E-state index contributed by atoms with van der Waals surface area (Å²) in [5, 5.41) is 0. The molecule has 17 heavy (non-hydrogen) atoms. The molecule has 1 aromatic carbocycles. The molecular formula is C15H17NO. The Hall–Kier alpha value is -1.83. The van der Waals surface area contributed by atoms with Gasteiger partial charge in [-0.05, 0) is 23.1 Å². The average Bonchev–Trinajstić information content (AvgIpc) is 2.38. The van der Waals surface area contributed by atoms with Crippen LogP contribution in [0.25, 0.3) is 11.1 Å². The van der Waals surface area contributed by atoms with Gasteiger partial charge in [-0.25, -0.2) is 4.98 Å². The summed E-state index contributed by atoms with van der Waals surface area (Å²) in [5.74, 6) is 1.11. The summed E-state index contributed by atoms with van der Waals surface area (Å²) in [6, 6.07) is 12.4. The van der Waals surface area contributed by atoms with Gasteiger partial charge in [0.1, 0.15) is 0 Å². The van der Waals surface area contributed by atoms with E-state index >= 15 is 0 Å². The van der Waals surface area contributed by atoms with Gasteiger partial charge in [-0.1, -0.05) is 44.2 Å². The highest BCUT2D eigenvalue weighted by molar-refractivity contribution is 5.69. The lowest BCUT2D eigenvalue weighted by molar-refractivity contribution is 0.390. The predicted molar refractivity (Wildman–Crippen MR) is 70.3 cm³/mol. The lowest BCUT2D eigenvalue weighted by Gasteiger charge is -2.15. The van der Waals surface area contributed by atoms with Crippen LogP contribution in [0.4, 0.5) is 0 Å². The van der Waals surface area contributed by atoms with Crippen LogP contribution < -0.4 is 4.74 Å². The second-order valence-corrected chi connectivity index (χ2v) is 4.30. The van der Waals surface area contributed by atoms with Crippen molar-refractivity contribution in [1.82, 2.24) is 4.98 Å². The van der Waals surface area contributed by atoms with Gasteiger partial charge in [-0.15, -0.1) is 0 Å². The molecule has 0 saturated heterocycles. The molecule has 2 heteroatoms. The average molecular weight is 227 g/mol. The quantitative estimate of drug-likeness (QED) is 0.793. The topological polar surface area (TPSA) is 22.1 Å². The van der Waals surface area contributed by atoms with Crippen LogP contribution >= 0.6 is 0 Å². The molecule has 0 saturated carbocycles. The van der Waals surface area contributed by atoms with Gasteiger partial charge in [0.2, 0.25) is 5.88 Å². The van der Waals surface area contributed by atoms with Crippen molar-refractivity contribution < 1.29 is 4.74 Å². The fraction of sp³-hybridized carbons (Fsp3) is 0.267. The maximum Gasteiger partial charge on any atom is 0.217 e. The van der Waals surface area contributed by atoms with Crippen molar-refractivity contribution in [3.05, 3.63) is 48.2 Å². The zero-order chi connectivity index (χ0) is 12.3. The van der Waals surface area contributed by atoms with Crippen molar-refractivity contribution in [2.75, 3.05) is 7.11 Å². The van der Waals surface area contributed by atoms with Gasteiger partial charge in [0.05, 0.1) is 7.11 Å². The molecule has 0 aliphatic rings. The Morgan fingerprint density at radius 2 is 1.76 bits per heavy atom. The summed E-state index contributed by atoms with van der Waals surface area (Å²) < 4.78 is 5.36. The third-order valence-electron chi connectivity index (χ3n) is 2.81. The molecule has 0 amide bonds. The van der Waals surface area contributed by atoms with Gasteiger partial charge in [0.25, 0.3) is 0 Å². The number of hydrogen-bond donors (Lipinski definition) is 0. The second-order valence-electron chi connectivity index (χ2n) is 4.30. The lowest BCUT2D eigenvalue weighted by atomic mass is 9.94. The van der Waals surface area contributed by atoms with Crippen LogP contribution in [-0.2, 0) is 0 Å². The van der Waals surface area contributed by atoms with Crippen molar-refractivity contribution in [3.63, 3.8) is 0 Å². The molecule has 88 valence electrons. The van der Waals surface area contributed by atoms with Crippen molar-refractivity contribution in [2.45, 2.75) is 19.8 Å². The number of pyridine rings is 1. The number of benzene rings is 1. The van der Waals surface area contributed by atoms with E-state index in [0.717, 1.165) is 5.88 Å². The third kappa shape index (κ3) is 2.31. The molecule has 0 aliphatic heterocycles. The van der Waals surface area contributed by atoms with Crippen LogP contribution in [-0.4, -0.2) is 12.1 Å². The standard InChI is InChI=1S/C15H17NO/c1-11(2)14-13(9-10-16-15(14)17-3)12-7-5-4-6-8-12/h4-11H,1-3H3. The summed E-state index contributed by atoms with van der Waals surface area (Å²) in [6.45, 7) is 4.32. The van der Waals surface area contributed by atoms with Crippen molar-refractivity contribution >= 4 is 0 Å². The number of nitrogens with zero attached hydrogens (tertiary/aromatic N) is 1. The van der Waals surface area contributed by atoms with Crippen molar-refractivity contribution in [3.8, 4) is 17.0 Å². The Morgan fingerprint density at radius 3 is 2.35 bits per heavy atom. The van der Waals surface area contributed by atoms with Crippen LogP contribution in [0.1, 0.15) is 25.3 Å². The summed E-state index contributed by atoms with van der Waals surface area (Å²) in [4.78, 5) is 4.28. The highest BCUT2D eigenvalue weighted by atomic mass is 16.5. The molecule has 2 rings (SSSR count). The highest BCUT2D eigenvalue weighted by Gasteiger charge is 2.14. The summed E-state index contributed by atoms with van der Waals surface area (Å²) in [6.07, 6.45) is 1.80. The maximum atomic E-state index is 5.36. The van der Waals surface area contributed by atoms with E-state index in [9.17, 15) is 0 Å². The molecule has 0 fully saturated rings. The molecule has 0 radical (unpaired) electrons. The Morgan fingerprint density at radius 1 is 1.06 bits per heavy atom. The number of rotatable bonds is 3. The molecular weight excluding hydrogens is 210 g/mol. The Balaban J connectivity index is 2.62. The minimum atomic E-state index is 0.383. The van der Waals surface area contributed by atoms with E-state index in [1.807, 2.05) is 24.3 Å². The first-order valence-electron chi connectivity index (χ1n) is 5.82. The molecule has 0 aliphatic carbocycles. The minimum absolute atomic E-state index is 0.383. The van der Waals surface area contributed by atoms with Gasteiger partial charge in [0, 0.05) is 11.8 Å². The van der Waals surface area contributed by atoms with Gasteiger partial charge in [-0.2, -0.15) is 0 Å². The Kier molecular flexibility index (Phi) is 3.43. The van der Waals surface area contributed by atoms with Crippen LogP contribution in [0.2, 0.25) is 0 Å². The van der Waals surface area contributed by atoms with Gasteiger partial charge in [-0.3, -0.25) is 0 Å². The molecule has 0 atom stereocenters. The molecule has 2 aromatic rings. The zero-order valence-electron chi connectivity index (χ0n) is 10.5. The van der Waals surface area contributed by atoms with Gasteiger partial charge >= 0.3 is 0 Å². The van der Waals surface area contributed by atoms with Gasteiger partial charge < -0.3 is 4.74 Å². The normalized spacial score (nSPS) is 10.6. The predicted octanol–water partition coefficient (Wildman–Crippen LogP) is 3.88. The Labute approximate surface area is 102 Å². The molecule has 1 aromatic heterocycles. The van der Waals surface area contributed by atoms with Crippen molar-refractivity contribution in [2.24, 2.45) is 0 Å². The highest BCUT2D eigenvalue weighted by Crippen LogP contribution is 2.34.